The van der Waals surface area contributed by atoms with E-state index in [9.17, 15) is 15.3 Å². The fraction of sp³-hybridized carbons (Fsp3) is 1.00. The molecule has 8 nitrogen and oxygen atoms in total. The van der Waals surface area contributed by atoms with Gasteiger partial charge < -0.3 is 39.4 Å². The molecular weight excluding hydrogens is 248 g/mol. The molecule has 0 aromatic heterocycles. The molecule has 0 aromatic rings. The summed E-state index contributed by atoms with van der Waals surface area (Å²) in [5, 5.41) is 37.8. The molecule has 4 N–H and O–H groups in total. The summed E-state index contributed by atoms with van der Waals surface area (Å²) in [6.45, 7) is -0.730. The Kier molecular flexibility index (Phi) is 7.83. The van der Waals surface area contributed by atoms with Crippen LogP contribution in [0.1, 0.15) is 0 Å². The number of aliphatic hydroxyl groups excluding tert-OH is 4. The summed E-state index contributed by atoms with van der Waals surface area (Å²) in [5.41, 5.74) is 0. The molecule has 3 unspecified atom stereocenters. The number of ether oxygens (including phenoxy) is 4. The molecule has 18 heavy (non-hydrogen) atoms. The number of hydrogen-bond acceptors (Lipinski definition) is 8. The molecule has 3 atom stereocenters. The lowest BCUT2D eigenvalue weighted by molar-refractivity contribution is -0.370. The van der Waals surface area contributed by atoms with Crippen molar-refractivity contribution in [2.75, 3.05) is 35.0 Å². The third-order valence-electron chi connectivity index (χ3n) is 2.71. The zero-order chi connectivity index (χ0) is 14.3. The van der Waals surface area contributed by atoms with E-state index in [4.69, 9.17) is 24.1 Å². The van der Waals surface area contributed by atoms with Crippen LogP contribution in [-0.4, -0.2) is 85.9 Å². The number of aliphatic hydroxyl groups is 4. The fourth-order valence-electron chi connectivity index (χ4n) is 1.64. The molecule has 0 fully saturated rings. The molecule has 0 aromatic carbocycles. The minimum absolute atomic E-state index is 0.730. The van der Waals surface area contributed by atoms with Gasteiger partial charge in [0.25, 0.3) is 0 Å². The first-order valence-electron chi connectivity index (χ1n) is 5.26. The normalized spacial score (nSPS) is 17.8. The predicted octanol–water partition coefficient (Wildman–Crippen LogP) is -2.33. The van der Waals surface area contributed by atoms with Crippen LogP contribution in [0.5, 0.6) is 0 Å². The Morgan fingerprint density at radius 1 is 0.944 bits per heavy atom. The molecule has 0 aliphatic rings. The lowest BCUT2D eigenvalue weighted by Gasteiger charge is -2.41. The standard InChI is InChI=1S/C10H22O8/c1-15-9(16-2)10(17-3,18-4)8(14)7(13)6(12)5-11/h6-9,11-14H,5H2,1-4H3. The van der Waals surface area contributed by atoms with Crippen LogP contribution in [0.3, 0.4) is 0 Å². The van der Waals surface area contributed by atoms with Crippen LogP contribution in [-0.2, 0) is 18.9 Å². The van der Waals surface area contributed by atoms with E-state index in [1.54, 1.807) is 0 Å². The van der Waals surface area contributed by atoms with Crippen molar-refractivity contribution < 1.29 is 39.4 Å². The topological polar surface area (TPSA) is 118 Å². The summed E-state index contributed by atoms with van der Waals surface area (Å²) >= 11 is 0. The van der Waals surface area contributed by atoms with Crippen molar-refractivity contribution in [2.45, 2.75) is 30.4 Å². The summed E-state index contributed by atoms with van der Waals surface area (Å²) in [6, 6.07) is 0. The van der Waals surface area contributed by atoms with Crippen molar-refractivity contribution in [1.82, 2.24) is 0 Å². The van der Waals surface area contributed by atoms with E-state index in [-0.39, 0.29) is 0 Å². The summed E-state index contributed by atoms with van der Waals surface area (Å²) in [4.78, 5) is 0. The van der Waals surface area contributed by atoms with Crippen molar-refractivity contribution >= 4 is 0 Å². The number of methoxy groups -OCH3 is 4. The monoisotopic (exact) mass is 270 g/mol. The van der Waals surface area contributed by atoms with Gasteiger partial charge in [0, 0.05) is 28.4 Å². The molecule has 0 rings (SSSR count). The van der Waals surface area contributed by atoms with Gasteiger partial charge >= 0.3 is 0 Å². The van der Waals surface area contributed by atoms with E-state index in [1.807, 2.05) is 0 Å². The lowest BCUT2D eigenvalue weighted by atomic mass is 9.99. The van der Waals surface area contributed by atoms with Crippen LogP contribution < -0.4 is 0 Å². The molecule has 0 aliphatic heterocycles. The Labute approximate surface area is 106 Å². The molecule has 8 heteroatoms. The van der Waals surface area contributed by atoms with Crippen molar-refractivity contribution in [3.63, 3.8) is 0 Å². The molecule has 0 saturated carbocycles. The van der Waals surface area contributed by atoms with Crippen molar-refractivity contribution in [3.05, 3.63) is 0 Å². The fourth-order valence-corrected chi connectivity index (χ4v) is 1.64. The smallest absolute Gasteiger partial charge is 0.249 e. The molecule has 0 aliphatic carbocycles. The third kappa shape index (κ3) is 3.37. The highest BCUT2D eigenvalue weighted by atomic mass is 16.8. The first-order chi connectivity index (χ1) is 8.44. The Morgan fingerprint density at radius 2 is 1.39 bits per heavy atom. The van der Waals surface area contributed by atoms with E-state index in [1.165, 1.54) is 28.4 Å². The van der Waals surface area contributed by atoms with E-state index < -0.39 is 37.0 Å². The molecule has 110 valence electrons. The Bertz CT molecular complexity index is 216. The quantitative estimate of drug-likeness (QED) is 0.345. The second kappa shape index (κ2) is 7.97. The summed E-state index contributed by atoms with van der Waals surface area (Å²) in [7, 11) is 5.02. The molecule has 0 heterocycles. The first-order valence-corrected chi connectivity index (χ1v) is 5.26. The van der Waals surface area contributed by atoms with Crippen LogP contribution in [0.15, 0.2) is 0 Å². The molecule has 0 bridgehead atoms. The van der Waals surface area contributed by atoms with Gasteiger partial charge in [0.1, 0.15) is 18.3 Å². The first kappa shape index (κ1) is 17.7. The van der Waals surface area contributed by atoms with Crippen LogP contribution in [0.4, 0.5) is 0 Å². The number of rotatable bonds is 9. The van der Waals surface area contributed by atoms with Crippen LogP contribution >= 0.6 is 0 Å². The minimum Gasteiger partial charge on any atom is -0.394 e. The van der Waals surface area contributed by atoms with E-state index in [0.29, 0.717) is 0 Å². The van der Waals surface area contributed by atoms with Crippen molar-refractivity contribution in [3.8, 4) is 0 Å². The Hall–Kier alpha value is -0.320. The third-order valence-corrected chi connectivity index (χ3v) is 2.71. The van der Waals surface area contributed by atoms with E-state index in [2.05, 4.69) is 0 Å². The largest absolute Gasteiger partial charge is 0.394 e. The Balaban J connectivity index is 5.19. The van der Waals surface area contributed by atoms with Crippen molar-refractivity contribution in [1.29, 1.82) is 0 Å². The zero-order valence-corrected chi connectivity index (χ0v) is 10.9. The van der Waals surface area contributed by atoms with Gasteiger partial charge in [-0.2, -0.15) is 0 Å². The molecule has 0 amide bonds. The average Bonchev–Trinajstić information content (AvgIpc) is 2.42. The van der Waals surface area contributed by atoms with E-state index in [0.717, 1.165) is 0 Å². The van der Waals surface area contributed by atoms with Crippen LogP contribution in [0.25, 0.3) is 0 Å². The highest BCUT2D eigenvalue weighted by Gasteiger charge is 2.51. The molecule has 0 saturated heterocycles. The molecule has 0 radical (unpaired) electrons. The maximum Gasteiger partial charge on any atom is 0.249 e. The zero-order valence-electron chi connectivity index (χ0n) is 10.9. The SMILES string of the molecule is COC(OC)C(OC)(OC)C(O)C(O)C(O)CO. The van der Waals surface area contributed by atoms with Gasteiger partial charge in [0.2, 0.25) is 12.1 Å². The summed E-state index contributed by atoms with van der Waals surface area (Å²) in [5.74, 6) is -1.85. The van der Waals surface area contributed by atoms with Crippen LogP contribution in [0.2, 0.25) is 0 Å². The second-order valence-electron chi connectivity index (χ2n) is 3.62. The second-order valence-corrected chi connectivity index (χ2v) is 3.62. The minimum atomic E-state index is -1.85. The maximum absolute atomic E-state index is 10.0. The van der Waals surface area contributed by atoms with Gasteiger partial charge in [-0.15, -0.1) is 0 Å². The average molecular weight is 270 g/mol. The predicted molar refractivity (Wildman–Crippen MR) is 59.7 cm³/mol. The highest BCUT2D eigenvalue weighted by molar-refractivity contribution is 4.90. The van der Waals surface area contributed by atoms with Gasteiger partial charge in [0.05, 0.1) is 6.61 Å². The highest BCUT2D eigenvalue weighted by Crippen LogP contribution is 2.27. The van der Waals surface area contributed by atoms with Gasteiger partial charge in [-0.25, -0.2) is 0 Å². The van der Waals surface area contributed by atoms with Gasteiger partial charge in [-0.1, -0.05) is 0 Å². The van der Waals surface area contributed by atoms with Crippen LogP contribution in [0, 0.1) is 0 Å². The maximum atomic E-state index is 10.0. The van der Waals surface area contributed by atoms with Crippen molar-refractivity contribution in [2.24, 2.45) is 0 Å². The summed E-state index contributed by atoms with van der Waals surface area (Å²) < 4.78 is 20.0. The van der Waals surface area contributed by atoms with Gasteiger partial charge in [-0.3, -0.25) is 0 Å². The van der Waals surface area contributed by atoms with Gasteiger partial charge in [0.15, 0.2) is 0 Å². The number of hydrogen-bond donors (Lipinski definition) is 4. The Morgan fingerprint density at radius 3 is 1.67 bits per heavy atom. The summed E-state index contributed by atoms with van der Waals surface area (Å²) in [6.07, 6.45) is -6.12. The molecule has 0 spiro atoms. The lowest BCUT2D eigenvalue weighted by Crippen LogP contribution is -2.62. The molecular formula is C10H22O8. The van der Waals surface area contributed by atoms with E-state index >= 15 is 0 Å². The van der Waals surface area contributed by atoms with Gasteiger partial charge in [-0.05, 0) is 0 Å².